The standard InChI is InChI=1S/C9H19NO/c1-7(2)10-6-4-5-9(10)8(3)11/h7-9,11H,4-6H2,1-3H3. The maximum atomic E-state index is 9.43. The molecule has 2 unspecified atom stereocenters. The van der Waals surface area contributed by atoms with Crippen LogP contribution < -0.4 is 0 Å². The number of hydrogen-bond donors (Lipinski definition) is 1. The molecule has 66 valence electrons. The minimum atomic E-state index is -0.167. The van der Waals surface area contributed by atoms with Gasteiger partial charge < -0.3 is 5.11 Å². The van der Waals surface area contributed by atoms with E-state index in [0.717, 1.165) is 13.0 Å². The highest BCUT2D eigenvalue weighted by Crippen LogP contribution is 2.22. The molecule has 1 N–H and O–H groups in total. The van der Waals surface area contributed by atoms with Gasteiger partial charge in [0, 0.05) is 12.1 Å². The van der Waals surface area contributed by atoms with Crippen molar-refractivity contribution >= 4 is 0 Å². The molecule has 0 amide bonds. The third kappa shape index (κ3) is 1.94. The molecule has 0 spiro atoms. The van der Waals surface area contributed by atoms with Crippen molar-refractivity contribution in [2.75, 3.05) is 6.54 Å². The molecule has 2 atom stereocenters. The van der Waals surface area contributed by atoms with Gasteiger partial charge in [0.05, 0.1) is 6.10 Å². The lowest BCUT2D eigenvalue weighted by atomic mass is 10.1. The van der Waals surface area contributed by atoms with Crippen molar-refractivity contribution in [3.63, 3.8) is 0 Å². The first kappa shape index (κ1) is 9.01. The van der Waals surface area contributed by atoms with Gasteiger partial charge in [-0.25, -0.2) is 0 Å². The molecule has 1 saturated heterocycles. The molecule has 0 radical (unpaired) electrons. The Bertz CT molecular complexity index is 109. The van der Waals surface area contributed by atoms with E-state index < -0.39 is 0 Å². The summed E-state index contributed by atoms with van der Waals surface area (Å²) in [6.07, 6.45) is 2.24. The predicted octanol–water partition coefficient (Wildman–Crippen LogP) is 1.24. The van der Waals surface area contributed by atoms with Crippen LogP contribution in [0.1, 0.15) is 33.6 Å². The average molecular weight is 157 g/mol. The maximum Gasteiger partial charge on any atom is 0.0667 e. The largest absolute Gasteiger partial charge is 0.392 e. The topological polar surface area (TPSA) is 23.5 Å². The fourth-order valence-electron chi connectivity index (χ4n) is 1.97. The zero-order valence-corrected chi connectivity index (χ0v) is 7.75. The molecule has 1 rings (SSSR count). The van der Waals surface area contributed by atoms with E-state index in [1.54, 1.807) is 0 Å². The second-order valence-electron chi connectivity index (χ2n) is 3.78. The summed E-state index contributed by atoms with van der Waals surface area (Å²) in [5.74, 6) is 0. The van der Waals surface area contributed by atoms with Crippen molar-refractivity contribution < 1.29 is 5.11 Å². The molecule has 1 heterocycles. The molecule has 0 aromatic heterocycles. The molecule has 0 aromatic carbocycles. The second kappa shape index (κ2) is 3.55. The highest BCUT2D eigenvalue weighted by molar-refractivity contribution is 4.84. The molecule has 0 saturated carbocycles. The summed E-state index contributed by atoms with van der Waals surface area (Å²) in [5, 5.41) is 9.43. The zero-order valence-electron chi connectivity index (χ0n) is 7.75. The fourth-order valence-corrected chi connectivity index (χ4v) is 1.97. The number of aliphatic hydroxyl groups is 1. The average Bonchev–Trinajstić information content (AvgIpc) is 2.32. The molecule has 11 heavy (non-hydrogen) atoms. The Morgan fingerprint density at radius 1 is 1.36 bits per heavy atom. The highest BCUT2D eigenvalue weighted by Gasteiger charge is 2.29. The van der Waals surface area contributed by atoms with Crippen LogP contribution in [0.15, 0.2) is 0 Å². The lowest BCUT2D eigenvalue weighted by Gasteiger charge is -2.29. The van der Waals surface area contributed by atoms with E-state index in [2.05, 4.69) is 18.7 Å². The van der Waals surface area contributed by atoms with Crippen LogP contribution in [0.2, 0.25) is 0 Å². The second-order valence-corrected chi connectivity index (χ2v) is 3.78. The number of likely N-dealkylation sites (tertiary alicyclic amines) is 1. The van der Waals surface area contributed by atoms with E-state index in [9.17, 15) is 5.11 Å². The normalized spacial score (nSPS) is 29.7. The lowest BCUT2D eigenvalue weighted by molar-refractivity contribution is 0.0700. The number of nitrogens with zero attached hydrogens (tertiary/aromatic N) is 1. The summed E-state index contributed by atoms with van der Waals surface area (Å²) in [4.78, 5) is 2.39. The molecular formula is C9H19NO. The van der Waals surface area contributed by atoms with Gasteiger partial charge in [0.25, 0.3) is 0 Å². The SMILES string of the molecule is CC(O)C1CCCN1C(C)C. The predicted molar refractivity (Wildman–Crippen MR) is 46.5 cm³/mol. The van der Waals surface area contributed by atoms with Crippen LogP contribution in [-0.4, -0.2) is 34.7 Å². The van der Waals surface area contributed by atoms with Gasteiger partial charge in [-0.1, -0.05) is 0 Å². The van der Waals surface area contributed by atoms with Crippen molar-refractivity contribution in [1.82, 2.24) is 4.90 Å². The molecule has 0 bridgehead atoms. The van der Waals surface area contributed by atoms with E-state index in [1.165, 1.54) is 6.42 Å². The summed E-state index contributed by atoms with van der Waals surface area (Å²) in [5.41, 5.74) is 0. The number of aliphatic hydroxyl groups excluding tert-OH is 1. The Kier molecular flexibility index (Phi) is 2.90. The van der Waals surface area contributed by atoms with E-state index in [0.29, 0.717) is 12.1 Å². The molecule has 2 heteroatoms. The zero-order chi connectivity index (χ0) is 8.43. The van der Waals surface area contributed by atoms with E-state index >= 15 is 0 Å². The van der Waals surface area contributed by atoms with Crippen LogP contribution in [0.25, 0.3) is 0 Å². The first-order valence-electron chi connectivity index (χ1n) is 4.56. The van der Waals surface area contributed by atoms with Crippen LogP contribution in [0.4, 0.5) is 0 Å². The third-order valence-electron chi connectivity index (χ3n) is 2.56. The molecule has 1 aliphatic heterocycles. The molecule has 1 fully saturated rings. The molecule has 0 aromatic rings. The summed E-state index contributed by atoms with van der Waals surface area (Å²) < 4.78 is 0. The quantitative estimate of drug-likeness (QED) is 0.652. The summed E-state index contributed by atoms with van der Waals surface area (Å²) in [6.45, 7) is 7.44. The van der Waals surface area contributed by atoms with Gasteiger partial charge in [0.1, 0.15) is 0 Å². The van der Waals surface area contributed by atoms with Gasteiger partial charge in [-0.05, 0) is 40.2 Å². The number of rotatable bonds is 2. The van der Waals surface area contributed by atoms with Gasteiger partial charge in [-0.2, -0.15) is 0 Å². The van der Waals surface area contributed by atoms with Crippen molar-refractivity contribution in [3.8, 4) is 0 Å². The van der Waals surface area contributed by atoms with E-state index in [4.69, 9.17) is 0 Å². The monoisotopic (exact) mass is 157 g/mol. The molecular weight excluding hydrogens is 138 g/mol. The highest BCUT2D eigenvalue weighted by atomic mass is 16.3. The number of hydrogen-bond acceptors (Lipinski definition) is 2. The summed E-state index contributed by atoms with van der Waals surface area (Å²) in [7, 11) is 0. The van der Waals surface area contributed by atoms with Gasteiger partial charge in [0.15, 0.2) is 0 Å². The minimum Gasteiger partial charge on any atom is -0.392 e. The van der Waals surface area contributed by atoms with Crippen LogP contribution in [-0.2, 0) is 0 Å². The molecule has 1 aliphatic rings. The van der Waals surface area contributed by atoms with Crippen LogP contribution in [0.5, 0.6) is 0 Å². The van der Waals surface area contributed by atoms with Crippen molar-refractivity contribution in [1.29, 1.82) is 0 Å². The van der Waals surface area contributed by atoms with Gasteiger partial charge in [-0.15, -0.1) is 0 Å². The van der Waals surface area contributed by atoms with Crippen molar-refractivity contribution in [2.45, 2.75) is 51.8 Å². The lowest BCUT2D eigenvalue weighted by Crippen LogP contribution is -2.41. The van der Waals surface area contributed by atoms with Crippen molar-refractivity contribution in [2.24, 2.45) is 0 Å². The Morgan fingerprint density at radius 3 is 2.36 bits per heavy atom. The minimum absolute atomic E-state index is 0.167. The van der Waals surface area contributed by atoms with Crippen LogP contribution in [0, 0.1) is 0 Å². The first-order chi connectivity index (χ1) is 5.13. The Hall–Kier alpha value is -0.0800. The summed E-state index contributed by atoms with van der Waals surface area (Å²) in [6, 6.07) is 0.993. The third-order valence-corrected chi connectivity index (χ3v) is 2.56. The van der Waals surface area contributed by atoms with Gasteiger partial charge in [-0.3, -0.25) is 4.90 Å². The smallest absolute Gasteiger partial charge is 0.0667 e. The van der Waals surface area contributed by atoms with Crippen molar-refractivity contribution in [3.05, 3.63) is 0 Å². The maximum absolute atomic E-state index is 9.43. The van der Waals surface area contributed by atoms with E-state index in [-0.39, 0.29) is 6.10 Å². The molecule has 0 aliphatic carbocycles. The summed E-state index contributed by atoms with van der Waals surface area (Å²) >= 11 is 0. The Labute approximate surface area is 69.2 Å². The van der Waals surface area contributed by atoms with E-state index in [1.807, 2.05) is 6.92 Å². The van der Waals surface area contributed by atoms with Crippen LogP contribution >= 0.6 is 0 Å². The van der Waals surface area contributed by atoms with Gasteiger partial charge >= 0.3 is 0 Å². The van der Waals surface area contributed by atoms with Gasteiger partial charge in [0.2, 0.25) is 0 Å². The van der Waals surface area contributed by atoms with Crippen LogP contribution in [0.3, 0.4) is 0 Å². The Morgan fingerprint density at radius 2 is 2.00 bits per heavy atom. The fraction of sp³-hybridized carbons (Fsp3) is 1.00. The first-order valence-corrected chi connectivity index (χ1v) is 4.56. The molecule has 2 nitrogen and oxygen atoms in total. The Balaban J connectivity index is 2.51.